The van der Waals surface area contributed by atoms with Crippen molar-refractivity contribution in [2.45, 2.75) is 11.7 Å². The first kappa shape index (κ1) is 13.4. The summed E-state index contributed by atoms with van der Waals surface area (Å²) < 4.78 is 6.72. The second-order valence-corrected chi connectivity index (χ2v) is 6.79. The molecule has 4 rings (SSSR count). The minimum Gasteiger partial charge on any atom is -0.393 e. The highest BCUT2D eigenvalue weighted by molar-refractivity contribution is 14.1. The van der Waals surface area contributed by atoms with Crippen molar-refractivity contribution < 1.29 is 19.4 Å². The number of halogens is 1. The Bertz CT molecular complexity index is 671. The van der Waals surface area contributed by atoms with E-state index in [1.54, 1.807) is 24.3 Å². The van der Waals surface area contributed by atoms with Crippen molar-refractivity contribution in [2.24, 2.45) is 11.8 Å². The first-order valence-electron chi connectivity index (χ1n) is 6.69. The monoisotopic (exact) mass is 397 g/mol. The second kappa shape index (κ2) is 4.37. The summed E-state index contributed by atoms with van der Waals surface area (Å²) in [5.41, 5.74) is -0.452. The Kier molecular flexibility index (Phi) is 2.79. The molecule has 2 bridgehead atoms. The SMILES string of the molecule is O=C1[C@H]2[C@@H]3C=C[C@@](CO)(O3)[C@@H]2C(=O)N1c1ccc(I)cc1. The summed E-state index contributed by atoms with van der Waals surface area (Å²) in [6.45, 7) is -0.291. The Morgan fingerprint density at radius 1 is 1.24 bits per heavy atom. The molecule has 4 atom stereocenters. The molecule has 6 heteroatoms. The number of hydrogen-bond acceptors (Lipinski definition) is 4. The Labute approximate surface area is 134 Å². The van der Waals surface area contributed by atoms with E-state index < -0.39 is 23.5 Å². The summed E-state index contributed by atoms with van der Waals surface area (Å²) in [5.74, 6) is -1.67. The Hall–Kier alpha value is -1.25. The number of nitrogens with zero attached hydrogens (tertiary/aromatic N) is 1. The van der Waals surface area contributed by atoms with Crippen molar-refractivity contribution in [1.82, 2.24) is 0 Å². The third-order valence-electron chi connectivity index (χ3n) is 4.49. The van der Waals surface area contributed by atoms with E-state index in [-0.39, 0.29) is 18.4 Å². The lowest BCUT2D eigenvalue weighted by Crippen LogP contribution is -2.43. The van der Waals surface area contributed by atoms with Gasteiger partial charge in [-0.2, -0.15) is 0 Å². The molecular weight excluding hydrogens is 385 g/mol. The highest BCUT2D eigenvalue weighted by Gasteiger charge is 2.67. The molecule has 3 aliphatic heterocycles. The van der Waals surface area contributed by atoms with Crippen LogP contribution in [-0.2, 0) is 14.3 Å². The van der Waals surface area contributed by atoms with Crippen molar-refractivity contribution >= 4 is 40.1 Å². The number of carbonyl (C=O) groups is 2. The van der Waals surface area contributed by atoms with Crippen LogP contribution in [-0.4, -0.2) is 35.2 Å². The summed E-state index contributed by atoms with van der Waals surface area (Å²) in [4.78, 5) is 26.6. The van der Waals surface area contributed by atoms with Crippen LogP contribution in [0.3, 0.4) is 0 Å². The number of amides is 2. The number of fused-ring (bicyclic) bond motifs is 5. The quantitative estimate of drug-likeness (QED) is 0.461. The van der Waals surface area contributed by atoms with Crippen molar-refractivity contribution in [3.8, 4) is 0 Å². The van der Waals surface area contributed by atoms with Gasteiger partial charge in [0.25, 0.3) is 0 Å². The number of hydrogen-bond donors (Lipinski definition) is 1. The molecule has 0 aliphatic carbocycles. The van der Waals surface area contributed by atoms with Crippen molar-refractivity contribution in [2.75, 3.05) is 11.5 Å². The number of anilines is 1. The predicted molar refractivity (Wildman–Crippen MR) is 82.5 cm³/mol. The highest BCUT2D eigenvalue weighted by Crippen LogP contribution is 2.52. The van der Waals surface area contributed by atoms with Gasteiger partial charge in [-0.15, -0.1) is 0 Å². The van der Waals surface area contributed by atoms with Crippen LogP contribution < -0.4 is 4.90 Å². The molecule has 3 heterocycles. The standard InChI is InChI=1S/C15H12INO4/c16-8-1-3-9(4-2-8)17-13(19)11-10-5-6-15(7-18,21-10)12(11)14(17)20/h1-6,10-12,18H,7H2/t10-,11-,12-,15-/m0/s1. The van der Waals surface area contributed by atoms with Crippen molar-refractivity contribution in [3.05, 3.63) is 40.0 Å². The Morgan fingerprint density at radius 2 is 1.95 bits per heavy atom. The summed E-state index contributed by atoms with van der Waals surface area (Å²) in [6, 6.07) is 7.24. The lowest BCUT2D eigenvalue weighted by Gasteiger charge is -2.26. The zero-order chi connectivity index (χ0) is 14.8. The lowest BCUT2D eigenvalue weighted by atomic mass is 9.77. The molecule has 2 fully saturated rings. The van der Waals surface area contributed by atoms with E-state index >= 15 is 0 Å². The largest absolute Gasteiger partial charge is 0.393 e. The lowest BCUT2D eigenvalue weighted by molar-refractivity contribution is -0.128. The molecule has 1 aromatic rings. The molecule has 0 unspecified atom stereocenters. The van der Waals surface area contributed by atoms with Gasteiger partial charge < -0.3 is 9.84 Å². The molecule has 21 heavy (non-hydrogen) atoms. The van der Waals surface area contributed by atoms with Gasteiger partial charge in [0, 0.05) is 3.57 Å². The third kappa shape index (κ3) is 1.63. The van der Waals surface area contributed by atoms with Gasteiger partial charge in [-0.3, -0.25) is 9.59 Å². The highest BCUT2D eigenvalue weighted by atomic mass is 127. The zero-order valence-corrected chi connectivity index (χ0v) is 13.1. The van der Waals surface area contributed by atoms with Crippen LogP contribution in [0.15, 0.2) is 36.4 Å². The van der Waals surface area contributed by atoms with Gasteiger partial charge in [-0.1, -0.05) is 12.2 Å². The van der Waals surface area contributed by atoms with Crippen LogP contribution in [0.1, 0.15) is 0 Å². The molecule has 0 spiro atoms. The maximum atomic E-state index is 12.7. The van der Waals surface area contributed by atoms with Crippen LogP contribution in [0.2, 0.25) is 0 Å². The number of imide groups is 1. The number of carbonyl (C=O) groups excluding carboxylic acids is 2. The van der Waals surface area contributed by atoms with Gasteiger partial charge in [0.1, 0.15) is 5.60 Å². The van der Waals surface area contributed by atoms with Crippen LogP contribution in [0, 0.1) is 15.4 Å². The maximum absolute atomic E-state index is 12.7. The topological polar surface area (TPSA) is 66.8 Å². The number of rotatable bonds is 2. The Morgan fingerprint density at radius 3 is 2.62 bits per heavy atom. The van der Waals surface area contributed by atoms with Gasteiger partial charge in [0.05, 0.1) is 30.2 Å². The minimum atomic E-state index is -1.03. The van der Waals surface area contributed by atoms with E-state index in [9.17, 15) is 14.7 Å². The summed E-state index contributed by atoms with van der Waals surface area (Å²) in [7, 11) is 0. The number of aliphatic hydroxyl groups is 1. The smallest absolute Gasteiger partial charge is 0.241 e. The molecule has 0 aromatic heterocycles. The third-order valence-corrected chi connectivity index (χ3v) is 5.21. The minimum absolute atomic E-state index is 0.240. The van der Waals surface area contributed by atoms with E-state index in [1.807, 2.05) is 12.1 Å². The predicted octanol–water partition coefficient (Wildman–Crippen LogP) is 1.10. The van der Waals surface area contributed by atoms with Gasteiger partial charge in [-0.05, 0) is 46.9 Å². The van der Waals surface area contributed by atoms with E-state index in [4.69, 9.17) is 4.74 Å². The summed E-state index contributed by atoms with van der Waals surface area (Å²) >= 11 is 2.17. The van der Waals surface area contributed by atoms with Crippen LogP contribution in [0.5, 0.6) is 0 Å². The maximum Gasteiger partial charge on any atom is 0.241 e. The second-order valence-electron chi connectivity index (χ2n) is 5.55. The first-order chi connectivity index (χ1) is 10.1. The van der Waals surface area contributed by atoms with Crippen LogP contribution in [0.25, 0.3) is 0 Å². The molecule has 2 saturated heterocycles. The molecule has 3 aliphatic rings. The number of benzene rings is 1. The molecule has 2 amide bonds. The Balaban J connectivity index is 1.77. The summed E-state index contributed by atoms with van der Waals surface area (Å²) in [5, 5.41) is 9.63. The molecule has 0 saturated carbocycles. The zero-order valence-electron chi connectivity index (χ0n) is 10.9. The van der Waals surface area contributed by atoms with Gasteiger partial charge in [0.2, 0.25) is 11.8 Å². The van der Waals surface area contributed by atoms with E-state index in [1.165, 1.54) is 4.90 Å². The van der Waals surface area contributed by atoms with E-state index in [2.05, 4.69) is 22.6 Å². The number of aliphatic hydroxyl groups excluding tert-OH is 1. The fraction of sp³-hybridized carbons (Fsp3) is 0.333. The molecule has 0 radical (unpaired) electrons. The molecule has 1 aromatic carbocycles. The normalized spacial score (nSPS) is 36.7. The van der Waals surface area contributed by atoms with Gasteiger partial charge in [-0.25, -0.2) is 4.90 Å². The molecule has 108 valence electrons. The molecule has 1 N–H and O–H groups in total. The van der Waals surface area contributed by atoms with Crippen molar-refractivity contribution in [1.29, 1.82) is 0 Å². The van der Waals surface area contributed by atoms with Crippen LogP contribution in [0.4, 0.5) is 5.69 Å². The average Bonchev–Trinajstić information content (AvgIpc) is 3.12. The van der Waals surface area contributed by atoms with Gasteiger partial charge >= 0.3 is 0 Å². The van der Waals surface area contributed by atoms with Gasteiger partial charge in [0.15, 0.2) is 0 Å². The van der Waals surface area contributed by atoms with Crippen molar-refractivity contribution in [3.63, 3.8) is 0 Å². The first-order valence-corrected chi connectivity index (χ1v) is 7.77. The number of ether oxygens (including phenoxy) is 1. The van der Waals surface area contributed by atoms with E-state index in [0.29, 0.717) is 5.69 Å². The fourth-order valence-corrected chi connectivity index (χ4v) is 3.89. The summed E-state index contributed by atoms with van der Waals surface area (Å²) in [6.07, 6.45) is 3.09. The molecular formula is C15H12INO4. The average molecular weight is 397 g/mol. The van der Waals surface area contributed by atoms with E-state index in [0.717, 1.165) is 3.57 Å². The van der Waals surface area contributed by atoms with Crippen LogP contribution >= 0.6 is 22.6 Å². The fourth-order valence-electron chi connectivity index (χ4n) is 3.53. The molecule has 5 nitrogen and oxygen atoms in total.